The van der Waals surface area contributed by atoms with Crippen molar-refractivity contribution in [3.8, 4) is 0 Å². The van der Waals surface area contributed by atoms with E-state index in [0.717, 1.165) is 24.8 Å². The maximum atomic E-state index is 13.0. The molecule has 0 aliphatic carbocycles. The van der Waals surface area contributed by atoms with Gasteiger partial charge in [-0.3, -0.25) is 14.0 Å². The summed E-state index contributed by atoms with van der Waals surface area (Å²) in [6.45, 7) is 3.06. The summed E-state index contributed by atoms with van der Waals surface area (Å²) in [5.41, 5.74) is 1.75. The number of unbranched alkanes of at least 4 members (excludes halogenated alkanes) is 2. The minimum absolute atomic E-state index is 0.165. The van der Waals surface area contributed by atoms with E-state index in [2.05, 4.69) is 22.5 Å². The van der Waals surface area contributed by atoms with Crippen molar-refractivity contribution >= 4 is 17.3 Å². The number of imidazole rings is 1. The molecule has 152 valence electrons. The summed E-state index contributed by atoms with van der Waals surface area (Å²) in [4.78, 5) is 29.5. The molecule has 1 aromatic carbocycles. The van der Waals surface area contributed by atoms with Gasteiger partial charge in [-0.2, -0.15) is 0 Å². The number of nitrogens with one attached hydrogen (secondary N) is 2. The second kappa shape index (κ2) is 9.82. The number of benzene rings is 1. The zero-order chi connectivity index (χ0) is 20.6. The third kappa shape index (κ3) is 5.19. The molecule has 0 saturated heterocycles. The van der Waals surface area contributed by atoms with Crippen molar-refractivity contribution in [1.82, 2.24) is 20.0 Å². The summed E-state index contributed by atoms with van der Waals surface area (Å²) in [6, 6.07) is 11.5. The Bertz CT molecular complexity index is 982. The fourth-order valence-corrected chi connectivity index (χ4v) is 3.08. The lowest BCUT2D eigenvalue weighted by molar-refractivity contribution is 0.0943. The van der Waals surface area contributed by atoms with E-state index in [0.29, 0.717) is 25.0 Å². The van der Waals surface area contributed by atoms with Crippen molar-refractivity contribution in [3.63, 3.8) is 0 Å². The number of hydrogen-bond acceptors (Lipinski definition) is 3. The standard InChI is InChI=1S/C22H25FN4O2/c1-2-3-5-13-24-21(28)19-18-7-4-6-15-27(18)20(26-19)22(29)25-14-12-16-8-10-17(23)11-9-16/h4,6-11,15H,2-3,5,12-14H2,1H3,(H,24,28)(H,25,29). The molecule has 0 saturated carbocycles. The average Bonchev–Trinajstić information content (AvgIpc) is 3.12. The first-order chi connectivity index (χ1) is 14.1. The molecule has 0 spiro atoms. The quantitative estimate of drug-likeness (QED) is 0.545. The molecule has 0 fully saturated rings. The van der Waals surface area contributed by atoms with Gasteiger partial charge in [0.15, 0.2) is 5.69 Å². The summed E-state index contributed by atoms with van der Waals surface area (Å²) in [7, 11) is 0. The monoisotopic (exact) mass is 396 g/mol. The number of carbonyl (C=O) groups excluding carboxylic acids is 2. The van der Waals surface area contributed by atoms with E-state index in [1.54, 1.807) is 40.9 Å². The van der Waals surface area contributed by atoms with Crippen molar-refractivity contribution in [1.29, 1.82) is 0 Å². The predicted molar refractivity (Wildman–Crippen MR) is 109 cm³/mol. The van der Waals surface area contributed by atoms with Crippen LogP contribution < -0.4 is 10.6 Å². The largest absolute Gasteiger partial charge is 0.351 e. The number of hydrogen-bond donors (Lipinski definition) is 2. The van der Waals surface area contributed by atoms with E-state index in [9.17, 15) is 14.0 Å². The number of nitrogens with zero attached hydrogens (tertiary/aromatic N) is 2. The van der Waals surface area contributed by atoms with Crippen LogP contribution in [0.2, 0.25) is 0 Å². The Balaban J connectivity index is 1.69. The van der Waals surface area contributed by atoms with Crippen LogP contribution >= 0.6 is 0 Å². The SMILES string of the molecule is CCCCCNC(=O)c1nc(C(=O)NCCc2ccc(F)cc2)n2ccccc12. The van der Waals surface area contributed by atoms with Crippen LogP contribution in [0.1, 0.15) is 52.9 Å². The van der Waals surface area contributed by atoms with Gasteiger partial charge in [0.05, 0.1) is 5.52 Å². The first-order valence-corrected chi connectivity index (χ1v) is 9.88. The molecule has 2 aromatic heterocycles. The minimum Gasteiger partial charge on any atom is -0.351 e. The molecule has 0 aliphatic rings. The van der Waals surface area contributed by atoms with E-state index in [1.807, 2.05) is 0 Å². The highest BCUT2D eigenvalue weighted by molar-refractivity contribution is 6.02. The zero-order valence-corrected chi connectivity index (χ0v) is 16.5. The van der Waals surface area contributed by atoms with E-state index in [-0.39, 0.29) is 29.1 Å². The number of pyridine rings is 1. The van der Waals surface area contributed by atoms with Crippen LogP contribution in [-0.4, -0.2) is 34.3 Å². The normalized spacial score (nSPS) is 10.8. The Morgan fingerprint density at radius 2 is 1.76 bits per heavy atom. The Labute approximate surface area is 169 Å². The lowest BCUT2D eigenvalue weighted by atomic mass is 10.1. The fourth-order valence-electron chi connectivity index (χ4n) is 3.08. The zero-order valence-electron chi connectivity index (χ0n) is 16.5. The van der Waals surface area contributed by atoms with Gasteiger partial charge in [0.1, 0.15) is 5.82 Å². The molecule has 2 N–H and O–H groups in total. The number of carbonyl (C=O) groups is 2. The lowest BCUT2D eigenvalue weighted by Gasteiger charge is -2.05. The second-order valence-corrected chi connectivity index (χ2v) is 6.84. The molecule has 6 nitrogen and oxygen atoms in total. The molecule has 0 aliphatic heterocycles. The van der Waals surface area contributed by atoms with E-state index in [1.165, 1.54) is 12.1 Å². The predicted octanol–water partition coefficient (Wildman–Crippen LogP) is 3.37. The van der Waals surface area contributed by atoms with Crippen LogP contribution in [0.4, 0.5) is 4.39 Å². The number of halogens is 1. The maximum absolute atomic E-state index is 13.0. The Kier molecular flexibility index (Phi) is 6.94. The van der Waals surface area contributed by atoms with Gasteiger partial charge < -0.3 is 10.6 Å². The van der Waals surface area contributed by atoms with Gasteiger partial charge in [-0.1, -0.05) is 38.0 Å². The molecular weight excluding hydrogens is 371 g/mol. The number of aromatic nitrogens is 2. The first kappa shape index (κ1) is 20.5. The number of amides is 2. The maximum Gasteiger partial charge on any atom is 0.287 e. The topological polar surface area (TPSA) is 75.5 Å². The molecular formula is C22H25FN4O2. The van der Waals surface area contributed by atoms with Gasteiger partial charge in [-0.05, 0) is 42.7 Å². The number of fused-ring (bicyclic) bond motifs is 1. The van der Waals surface area contributed by atoms with Crippen LogP contribution in [-0.2, 0) is 6.42 Å². The van der Waals surface area contributed by atoms with Crippen molar-refractivity contribution in [2.45, 2.75) is 32.6 Å². The van der Waals surface area contributed by atoms with Gasteiger partial charge >= 0.3 is 0 Å². The molecule has 0 bridgehead atoms. The van der Waals surface area contributed by atoms with Crippen molar-refractivity contribution in [2.24, 2.45) is 0 Å². The molecule has 0 atom stereocenters. The Morgan fingerprint density at radius 3 is 2.52 bits per heavy atom. The molecule has 3 rings (SSSR count). The molecule has 3 aromatic rings. The molecule has 29 heavy (non-hydrogen) atoms. The Hall–Kier alpha value is -3.22. The van der Waals surface area contributed by atoms with Gasteiger partial charge in [0.25, 0.3) is 11.8 Å². The first-order valence-electron chi connectivity index (χ1n) is 9.88. The molecule has 0 unspecified atom stereocenters. The van der Waals surface area contributed by atoms with Crippen LogP contribution in [0, 0.1) is 5.82 Å². The summed E-state index contributed by atoms with van der Waals surface area (Å²) in [5, 5.41) is 5.69. The Morgan fingerprint density at radius 1 is 1.00 bits per heavy atom. The summed E-state index contributed by atoms with van der Waals surface area (Å²) >= 11 is 0. The van der Waals surface area contributed by atoms with Gasteiger partial charge in [-0.25, -0.2) is 9.37 Å². The molecule has 7 heteroatoms. The van der Waals surface area contributed by atoms with Crippen molar-refractivity contribution in [2.75, 3.05) is 13.1 Å². The summed E-state index contributed by atoms with van der Waals surface area (Å²) < 4.78 is 14.6. The van der Waals surface area contributed by atoms with E-state index >= 15 is 0 Å². The van der Waals surface area contributed by atoms with Crippen LogP contribution in [0.15, 0.2) is 48.7 Å². The highest BCUT2D eigenvalue weighted by atomic mass is 19.1. The van der Waals surface area contributed by atoms with Gasteiger partial charge in [0.2, 0.25) is 5.82 Å². The molecule has 2 heterocycles. The van der Waals surface area contributed by atoms with E-state index in [4.69, 9.17) is 0 Å². The summed E-state index contributed by atoms with van der Waals surface area (Å²) in [6.07, 6.45) is 5.31. The smallest absolute Gasteiger partial charge is 0.287 e. The highest BCUT2D eigenvalue weighted by Gasteiger charge is 2.20. The van der Waals surface area contributed by atoms with Crippen molar-refractivity contribution < 1.29 is 14.0 Å². The summed E-state index contributed by atoms with van der Waals surface area (Å²) in [5.74, 6) is -0.769. The fraction of sp³-hybridized carbons (Fsp3) is 0.318. The van der Waals surface area contributed by atoms with Gasteiger partial charge in [-0.15, -0.1) is 0 Å². The molecule has 2 amide bonds. The third-order valence-electron chi connectivity index (χ3n) is 4.64. The molecule has 0 radical (unpaired) electrons. The van der Waals surface area contributed by atoms with Gasteiger partial charge in [0, 0.05) is 19.3 Å². The number of rotatable bonds is 9. The minimum atomic E-state index is -0.363. The van der Waals surface area contributed by atoms with Crippen LogP contribution in [0.25, 0.3) is 5.52 Å². The average molecular weight is 396 g/mol. The van der Waals surface area contributed by atoms with Crippen LogP contribution in [0.3, 0.4) is 0 Å². The highest BCUT2D eigenvalue weighted by Crippen LogP contribution is 2.13. The lowest BCUT2D eigenvalue weighted by Crippen LogP contribution is -2.28. The van der Waals surface area contributed by atoms with E-state index < -0.39 is 0 Å². The van der Waals surface area contributed by atoms with Crippen LogP contribution in [0.5, 0.6) is 0 Å². The third-order valence-corrected chi connectivity index (χ3v) is 4.64. The second-order valence-electron chi connectivity index (χ2n) is 6.84. The van der Waals surface area contributed by atoms with Crippen molar-refractivity contribution in [3.05, 3.63) is 71.6 Å².